The fourth-order valence-electron chi connectivity index (χ4n) is 2.78. The van der Waals surface area contributed by atoms with Crippen molar-refractivity contribution in [2.75, 3.05) is 5.32 Å². The van der Waals surface area contributed by atoms with Crippen molar-refractivity contribution in [3.05, 3.63) is 105 Å². The number of ketones is 1. The van der Waals surface area contributed by atoms with Crippen LogP contribution in [0.2, 0.25) is 5.02 Å². The van der Waals surface area contributed by atoms with Crippen molar-refractivity contribution in [1.29, 1.82) is 0 Å². The van der Waals surface area contributed by atoms with Crippen molar-refractivity contribution in [1.82, 2.24) is 0 Å². The lowest BCUT2D eigenvalue weighted by atomic mass is 9.97. The molecule has 0 bridgehead atoms. The Morgan fingerprint density at radius 2 is 1.70 bits per heavy atom. The van der Waals surface area contributed by atoms with Gasteiger partial charge in [0.1, 0.15) is 0 Å². The van der Waals surface area contributed by atoms with Gasteiger partial charge in [-0.2, -0.15) is 0 Å². The number of non-ortho nitro benzene ring substituents is 1. The summed E-state index contributed by atoms with van der Waals surface area (Å²) in [6.07, 6.45) is 0.161. The van der Waals surface area contributed by atoms with Gasteiger partial charge >= 0.3 is 0 Å². The third-order valence-corrected chi connectivity index (χ3v) is 4.41. The van der Waals surface area contributed by atoms with E-state index in [0.29, 0.717) is 10.6 Å². The lowest BCUT2D eigenvalue weighted by Gasteiger charge is -2.20. The van der Waals surface area contributed by atoms with E-state index in [2.05, 4.69) is 5.32 Å². The van der Waals surface area contributed by atoms with Gasteiger partial charge in [0.25, 0.3) is 5.69 Å². The topological polar surface area (TPSA) is 72.2 Å². The van der Waals surface area contributed by atoms with Gasteiger partial charge in [-0.05, 0) is 29.8 Å². The van der Waals surface area contributed by atoms with E-state index in [9.17, 15) is 14.9 Å². The predicted octanol–water partition coefficient (Wildman–Crippen LogP) is 5.67. The largest absolute Gasteiger partial charge is 0.378 e. The van der Waals surface area contributed by atoms with Crippen LogP contribution in [0.4, 0.5) is 11.4 Å². The average molecular weight is 381 g/mol. The highest BCUT2D eigenvalue weighted by atomic mass is 35.5. The zero-order valence-corrected chi connectivity index (χ0v) is 15.1. The van der Waals surface area contributed by atoms with Crippen LogP contribution in [-0.4, -0.2) is 10.7 Å². The number of halogens is 1. The Morgan fingerprint density at radius 3 is 2.37 bits per heavy atom. The molecule has 0 aliphatic rings. The molecule has 136 valence electrons. The minimum absolute atomic E-state index is 0.0947. The Bertz CT molecular complexity index is 943. The normalized spacial score (nSPS) is 11.6. The number of nitrogens with one attached hydrogen (secondary N) is 1. The van der Waals surface area contributed by atoms with Gasteiger partial charge in [0, 0.05) is 34.8 Å². The first-order chi connectivity index (χ1) is 13.0. The fourth-order valence-corrected chi connectivity index (χ4v) is 2.91. The number of nitro groups is 1. The number of hydrogen-bond acceptors (Lipinski definition) is 4. The van der Waals surface area contributed by atoms with Crippen LogP contribution in [0, 0.1) is 10.1 Å². The Labute approximate surface area is 161 Å². The number of hydrogen-bond donors (Lipinski definition) is 1. The second-order valence-electron chi connectivity index (χ2n) is 6.05. The predicted molar refractivity (Wildman–Crippen MR) is 106 cm³/mol. The van der Waals surface area contributed by atoms with E-state index in [1.807, 2.05) is 42.5 Å². The lowest BCUT2D eigenvalue weighted by molar-refractivity contribution is -0.384. The summed E-state index contributed by atoms with van der Waals surface area (Å²) in [7, 11) is 0. The second kappa shape index (κ2) is 8.47. The molecule has 0 aliphatic heterocycles. The summed E-state index contributed by atoms with van der Waals surface area (Å²) in [5.41, 5.74) is 2.01. The number of benzene rings is 3. The van der Waals surface area contributed by atoms with Gasteiger partial charge < -0.3 is 5.32 Å². The molecule has 0 fully saturated rings. The number of nitrogens with zero attached hydrogens (tertiary/aromatic N) is 1. The maximum atomic E-state index is 12.8. The Kier molecular flexibility index (Phi) is 5.84. The summed E-state index contributed by atoms with van der Waals surface area (Å²) in [5.74, 6) is -0.172. The van der Waals surface area contributed by atoms with Crippen molar-refractivity contribution >= 4 is 28.8 Å². The second-order valence-corrected chi connectivity index (χ2v) is 6.49. The van der Waals surface area contributed by atoms with Crippen LogP contribution in [-0.2, 0) is 0 Å². The molecule has 0 aliphatic carbocycles. The zero-order chi connectivity index (χ0) is 19.2. The average Bonchev–Trinajstić information content (AvgIpc) is 2.70. The van der Waals surface area contributed by atoms with Gasteiger partial charge in [0.2, 0.25) is 0 Å². The van der Waals surface area contributed by atoms with Crippen molar-refractivity contribution < 1.29 is 9.72 Å². The summed E-state index contributed by atoms with van der Waals surface area (Å²) in [6, 6.07) is 22.4. The van der Waals surface area contributed by atoms with Gasteiger partial charge in [-0.3, -0.25) is 14.9 Å². The number of Topliss-reactive ketones (excluding diaryl/α,β-unsaturated/α-hetero) is 1. The molecular formula is C21H17ClN2O3. The minimum Gasteiger partial charge on any atom is -0.378 e. The molecule has 0 radical (unpaired) electrons. The molecule has 0 amide bonds. The number of nitro benzene ring substituents is 1. The van der Waals surface area contributed by atoms with Crippen molar-refractivity contribution in [3.8, 4) is 0 Å². The molecule has 3 aromatic carbocycles. The maximum Gasteiger partial charge on any atom is 0.270 e. The maximum absolute atomic E-state index is 12.8. The van der Waals surface area contributed by atoms with E-state index in [0.717, 1.165) is 11.3 Å². The highest BCUT2D eigenvalue weighted by molar-refractivity contribution is 6.30. The first-order valence-electron chi connectivity index (χ1n) is 8.37. The van der Waals surface area contributed by atoms with Crippen molar-refractivity contribution in [3.63, 3.8) is 0 Å². The molecule has 27 heavy (non-hydrogen) atoms. The van der Waals surface area contributed by atoms with Crippen LogP contribution in [0.3, 0.4) is 0 Å². The molecule has 1 unspecified atom stereocenters. The van der Waals surface area contributed by atoms with Crippen molar-refractivity contribution in [2.24, 2.45) is 0 Å². The number of carbonyl (C=O) groups excluding carboxylic acids is 1. The van der Waals surface area contributed by atoms with E-state index in [1.165, 1.54) is 18.2 Å². The van der Waals surface area contributed by atoms with Gasteiger partial charge in [0.05, 0.1) is 11.0 Å². The molecule has 3 aromatic rings. The van der Waals surface area contributed by atoms with E-state index < -0.39 is 4.92 Å². The number of carbonyl (C=O) groups is 1. The highest BCUT2D eigenvalue weighted by Gasteiger charge is 2.19. The molecule has 6 heteroatoms. The summed E-state index contributed by atoms with van der Waals surface area (Å²) >= 11 is 5.93. The van der Waals surface area contributed by atoms with Crippen molar-refractivity contribution in [2.45, 2.75) is 12.5 Å². The van der Waals surface area contributed by atoms with E-state index >= 15 is 0 Å². The molecule has 1 atom stereocenters. The highest BCUT2D eigenvalue weighted by Crippen LogP contribution is 2.26. The van der Waals surface area contributed by atoms with Crippen LogP contribution in [0.15, 0.2) is 78.9 Å². The summed E-state index contributed by atoms with van der Waals surface area (Å²) < 4.78 is 0. The standard InChI is InChI=1S/C21H17ClN2O3/c22-17-9-11-18(12-10-17)23-20(15-5-2-1-3-6-15)14-21(25)16-7-4-8-19(13-16)24(26)27/h1-13,20,23H,14H2. The SMILES string of the molecule is O=C(CC(Nc1ccc(Cl)cc1)c1ccccc1)c1cccc([N+](=O)[O-])c1. The molecule has 0 saturated carbocycles. The lowest BCUT2D eigenvalue weighted by Crippen LogP contribution is -2.16. The van der Waals surface area contributed by atoms with E-state index in [-0.39, 0.29) is 23.9 Å². The Morgan fingerprint density at radius 1 is 1.00 bits per heavy atom. The smallest absolute Gasteiger partial charge is 0.270 e. The fraction of sp³-hybridized carbons (Fsp3) is 0.0952. The van der Waals surface area contributed by atoms with Crippen LogP contribution in [0.1, 0.15) is 28.4 Å². The van der Waals surface area contributed by atoms with Crippen LogP contribution in [0.5, 0.6) is 0 Å². The summed E-state index contributed by atoms with van der Waals surface area (Å²) in [5, 5.41) is 14.9. The number of anilines is 1. The molecule has 0 spiro atoms. The Hall–Kier alpha value is -3.18. The third-order valence-electron chi connectivity index (χ3n) is 4.16. The molecular weight excluding hydrogens is 364 g/mol. The van der Waals surface area contributed by atoms with Crippen LogP contribution >= 0.6 is 11.6 Å². The first kappa shape index (κ1) is 18.6. The zero-order valence-electron chi connectivity index (χ0n) is 14.3. The molecule has 0 aromatic heterocycles. The molecule has 0 heterocycles. The molecule has 5 nitrogen and oxygen atoms in total. The summed E-state index contributed by atoms with van der Waals surface area (Å²) in [4.78, 5) is 23.2. The van der Waals surface area contributed by atoms with Gasteiger partial charge in [-0.25, -0.2) is 0 Å². The van der Waals surface area contributed by atoms with Gasteiger partial charge in [-0.15, -0.1) is 0 Å². The monoisotopic (exact) mass is 380 g/mol. The quantitative estimate of drug-likeness (QED) is 0.325. The van der Waals surface area contributed by atoms with Gasteiger partial charge in [0.15, 0.2) is 5.78 Å². The van der Waals surface area contributed by atoms with E-state index in [4.69, 9.17) is 11.6 Å². The Balaban J connectivity index is 1.84. The molecule has 1 N–H and O–H groups in total. The molecule has 0 saturated heterocycles. The summed E-state index contributed by atoms with van der Waals surface area (Å²) in [6.45, 7) is 0. The first-order valence-corrected chi connectivity index (χ1v) is 8.75. The number of rotatable bonds is 7. The minimum atomic E-state index is -0.503. The van der Waals surface area contributed by atoms with Gasteiger partial charge in [-0.1, -0.05) is 54.1 Å². The van der Waals surface area contributed by atoms with Crippen LogP contribution in [0.25, 0.3) is 0 Å². The third kappa shape index (κ3) is 4.92. The molecule has 3 rings (SSSR count). The van der Waals surface area contributed by atoms with Crippen LogP contribution < -0.4 is 5.32 Å². The van der Waals surface area contributed by atoms with E-state index in [1.54, 1.807) is 18.2 Å².